The summed E-state index contributed by atoms with van der Waals surface area (Å²) in [6.45, 7) is 0. The molecule has 1 aliphatic rings. The molecule has 1 rings (SSSR count). The van der Waals surface area contributed by atoms with Crippen LogP contribution >= 0.6 is 0 Å². The van der Waals surface area contributed by atoms with Gasteiger partial charge in [-0.1, -0.05) is 12.8 Å². The van der Waals surface area contributed by atoms with Crippen molar-refractivity contribution in [2.75, 3.05) is 14.1 Å². The van der Waals surface area contributed by atoms with Crippen molar-refractivity contribution in [1.82, 2.24) is 4.90 Å². The second kappa shape index (κ2) is 5.38. The molecule has 0 aromatic carbocycles. The third-order valence-corrected chi connectivity index (χ3v) is 3.67. The van der Waals surface area contributed by atoms with Crippen molar-refractivity contribution in [3.63, 3.8) is 0 Å². The van der Waals surface area contributed by atoms with Gasteiger partial charge in [-0.05, 0) is 33.4 Å². The average molecular weight is 251 g/mol. The quantitative estimate of drug-likeness (QED) is 0.748. The van der Waals surface area contributed by atoms with E-state index in [1.54, 1.807) is 0 Å². The highest BCUT2D eigenvalue weighted by molar-refractivity contribution is 5.88. The Labute approximate surface area is 100 Å². The van der Waals surface area contributed by atoms with Gasteiger partial charge >= 0.3 is 6.18 Å². The van der Waals surface area contributed by atoms with E-state index in [1.807, 2.05) is 19.0 Å². The Balaban J connectivity index is 2.50. The number of alkyl halides is 3. The molecule has 0 saturated heterocycles. The van der Waals surface area contributed by atoms with Crippen LogP contribution in [0.5, 0.6) is 0 Å². The van der Waals surface area contributed by atoms with E-state index in [1.165, 1.54) is 0 Å². The zero-order valence-corrected chi connectivity index (χ0v) is 10.4. The van der Waals surface area contributed by atoms with E-state index < -0.39 is 18.1 Å². The second-order valence-corrected chi connectivity index (χ2v) is 5.03. The summed E-state index contributed by atoms with van der Waals surface area (Å²) in [5.74, 6) is -0.0238. The molecule has 0 atom stereocenters. The van der Waals surface area contributed by atoms with Gasteiger partial charge in [0, 0.05) is 12.8 Å². The van der Waals surface area contributed by atoms with Crippen LogP contribution in [0.4, 0.5) is 13.2 Å². The van der Waals surface area contributed by atoms with Crippen LogP contribution < -0.4 is 0 Å². The van der Waals surface area contributed by atoms with E-state index in [-0.39, 0.29) is 18.6 Å². The molecule has 0 heterocycles. The molecule has 0 aromatic heterocycles. The van der Waals surface area contributed by atoms with Crippen LogP contribution in [0.15, 0.2) is 0 Å². The maximum absolute atomic E-state index is 12.1. The standard InChI is InChI=1S/C12H20F3NO/c1-16(2)11(7-3-4-8-11)10(17)6-5-9-12(13,14)15/h3-9H2,1-2H3. The summed E-state index contributed by atoms with van der Waals surface area (Å²) in [5, 5.41) is 0. The van der Waals surface area contributed by atoms with E-state index in [4.69, 9.17) is 0 Å². The molecule has 1 saturated carbocycles. The largest absolute Gasteiger partial charge is 0.389 e. The van der Waals surface area contributed by atoms with E-state index in [0.29, 0.717) is 0 Å². The van der Waals surface area contributed by atoms with Crippen LogP contribution in [0.1, 0.15) is 44.9 Å². The van der Waals surface area contributed by atoms with Crippen LogP contribution in [0.2, 0.25) is 0 Å². The highest BCUT2D eigenvalue weighted by atomic mass is 19.4. The third kappa shape index (κ3) is 3.69. The smallest absolute Gasteiger partial charge is 0.298 e. The molecule has 0 bridgehead atoms. The van der Waals surface area contributed by atoms with Crippen molar-refractivity contribution in [2.24, 2.45) is 0 Å². The van der Waals surface area contributed by atoms with E-state index in [9.17, 15) is 18.0 Å². The zero-order valence-electron chi connectivity index (χ0n) is 10.4. The van der Waals surface area contributed by atoms with Crippen LogP contribution in [-0.2, 0) is 4.79 Å². The predicted octanol–water partition coefficient (Wildman–Crippen LogP) is 3.16. The normalized spacial score (nSPS) is 19.9. The minimum absolute atomic E-state index is 0.0238. The Morgan fingerprint density at radius 3 is 2.18 bits per heavy atom. The van der Waals surface area contributed by atoms with Gasteiger partial charge in [-0.25, -0.2) is 0 Å². The molecule has 0 spiro atoms. The first-order valence-electron chi connectivity index (χ1n) is 6.05. The molecule has 1 aliphatic carbocycles. The summed E-state index contributed by atoms with van der Waals surface area (Å²) in [6, 6.07) is 0. The van der Waals surface area contributed by atoms with Crippen molar-refractivity contribution in [1.29, 1.82) is 0 Å². The summed E-state index contributed by atoms with van der Waals surface area (Å²) in [6.07, 6.45) is -1.51. The summed E-state index contributed by atoms with van der Waals surface area (Å²) in [7, 11) is 3.68. The summed E-state index contributed by atoms with van der Waals surface area (Å²) in [5.41, 5.74) is -0.494. The lowest BCUT2D eigenvalue weighted by Gasteiger charge is -2.34. The number of rotatable bonds is 5. The summed E-state index contributed by atoms with van der Waals surface area (Å²) < 4.78 is 36.0. The molecule has 0 amide bonds. The van der Waals surface area contributed by atoms with Gasteiger partial charge in [-0.3, -0.25) is 9.69 Å². The maximum atomic E-state index is 12.1. The van der Waals surface area contributed by atoms with Crippen LogP contribution in [0, 0.1) is 0 Å². The minimum atomic E-state index is -4.15. The number of carbonyl (C=O) groups is 1. The lowest BCUT2D eigenvalue weighted by Crippen LogP contribution is -2.48. The fourth-order valence-corrected chi connectivity index (χ4v) is 2.62. The summed E-state index contributed by atoms with van der Waals surface area (Å²) in [4.78, 5) is 14.0. The van der Waals surface area contributed by atoms with Gasteiger partial charge in [0.1, 0.15) is 0 Å². The number of ketones is 1. The molecule has 2 nitrogen and oxygen atoms in total. The highest BCUT2D eigenvalue weighted by Gasteiger charge is 2.42. The molecule has 0 unspecified atom stereocenters. The van der Waals surface area contributed by atoms with Crippen LogP contribution in [0.3, 0.4) is 0 Å². The molecule has 0 N–H and O–H groups in total. The maximum Gasteiger partial charge on any atom is 0.389 e. The second-order valence-electron chi connectivity index (χ2n) is 5.03. The van der Waals surface area contributed by atoms with Gasteiger partial charge in [-0.15, -0.1) is 0 Å². The van der Waals surface area contributed by atoms with Gasteiger partial charge in [0.05, 0.1) is 5.54 Å². The van der Waals surface area contributed by atoms with Gasteiger partial charge in [0.25, 0.3) is 0 Å². The van der Waals surface area contributed by atoms with Crippen molar-refractivity contribution < 1.29 is 18.0 Å². The van der Waals surface area contributed by atoms with Crippen molar-refractivity contribution in [3.05, 3.63) is 0 Å². The molecular formula is C12H20F3NO. The summed E-state index contributed by atoms with van der Waals surface area (Å²) >= 11 is 0. The number of hydrogen-bond acceptors (Lipinski definition) is 2. The Morgan fingerprint density at radius 2 is 1.76 bits per heavy atom. The van der Waals surface area contributed by atoms with E-state index >= 15 is 0 Å². The van der Waals surface area contributed by atoms with Crippen molar-refractivity contribution >= 4 is 5.78 Å². The predicted molar refractivity (Wildman–Crippen MR) is 59.8 cm³/mol. The lowest BCUT2D eigenvalue weighted by atomic mass is 9.87. The Hall–Kier alpha value is -0.580. The number of nitrogens with zero attached hydrogens (tertiary/aromatic N) is 1. The first-order valence-corrected chi connectivity index (χ1v) is 6.05. The highest BCUT2D eigenvalue weighted by Crippen LogP contribution is 2.36. The molecule has 5 heteroatoms. The Kier molecular flexibility index (Phi) is 4.58. The molecule has 17 heavy (non-hydrogen) atoms. The van der Waals surface area contributed by atoms with E-state index in [2.05, 4.69) is 0 Å². The number of carbonyl (C=O) groups excluding carboxylic acids is 1. The number of Topliss-reactive ketones (excluding diaryl/α,β-unsaturated/α-hetero) is 1. The lowest BCUT2D eigenvalue weighted by molar-refractivity contribution is -0.139. The first-order chi connectivity index (χ1) is 7.78. The van der Waals surface area contributed by atoms with Gasteiger partial charge in [0.15, 0.2) is 5.78 Å². The number of likely N-dealkylation sites (N-methyl/N-ethyl adjacent to an activating group) is 1. The number of hydrogen-bond donors (Lipinski definition) is 0. The molecule has 0 aliphatic heterocycles. The van der Waals surface area contributed by atoms with Gasteiger partial charge in [0.2, 0.25) is 0 Å². The van der Waals surface area contributed by atoms with Crippen LogP contribution in [-0.4, -0.2) is 36.5 Å². The van der Waals surface area contributed by atoms with E-state index in [0.717, 1.165) is 25.7 Å². The minimum Gasteiger partial charge on any atom is -0.298 e. The van der Waals surface area contributed by atoms with Gasteiger partial charge < -0.3 is 0 Å². The Morgan fingerprint density at radius 1 is 1.24 bits per heavy atom. The fraction of sp³-hybridized carbons (Fsp3) is 0.917. The SMILES string of the molecule is CN(C)C1(C(=O)CCCC(F)(F)F)CCCC1. The van der Waals surface area contributed by atoms with Gasteiger partial charge in [-0.2, -0.15) is 13.2 Å². The van der Waals surface area contributed by atoms with Crippen molar-refractivity contribution in [3.8, 4) is 0 Å². The monoisotopic (exact) mass is 251 g/mol. The third-order valence-electron chi connectivity index (χ3n) is 3.67. The van der Waals surface area contributed by atoms with Crippen molar-refractivity contribution in [2.45, 2.75) is 56.7 Å². The Bertz CT molecular complexity index is 267. The topological polar surface area (TPSA) is 20.3 Å². The molecule has 100 valence electrons. The first kappa shape index (κ1) is 14.5. The number of halogens is 3. The molecular weight excluding hydrogens is 231 g/mol. The fourth-order valence-electron chi connectivity index (χ4n) is 2.62. The zero-order chi connectivity index (χ0) is 13.1. The molecule has 0 radical (unpaired) electrons. The molecule has 0 aromatic rings. The molecule has 1 fully saturated rings. The average Bonchev–Trinajstić information content (AvgIpc) is 2.64. The van der Waals surface area contributed by atoms with Crippen LogP contribution in [0.25, 0.3) is 0 Å².